The number of hydrogen-bond acceptors (Lipinski definition) is 4. The Labute approximate surface area is 170 Å². The molecule has 2 aliphatic rings. The van der Waals surface area contributed by atoms with Gasteiger partial charge in [-0.3, -0.25) is 4.79 Å². The molecule has 2 aromatic carbocycles. The number of nitrogens with zero attached hydrogens (tertiary/aromatic N) is 1. The molecule has 0 bridgehead atoms. The zero-order valence-corrected chi connectivity index (χ0v) is 17.0. The fourth-order valence-corrected chi connectivity index (χ4v) is 5.37. The van der Waals surface area contributed by atoms with E-state index in [0.29, 0.717) is 6.54 Å². The molecule has 1 fully saturated rings. The van der Waals surface area contributed by atoms with E-state index >= 15 is 0 Å². The van der Waals surface area contributed by atoms with Crippen molar-refractivity contribution in [3.05, 3.63) is 58.5 Å². The van der Waals surface area contributed by atoms with Crippen LogP contribution in [0.15, 0.2) is 47.4 Å². The van der Waals surface area contributed by atoms with Crippen molar-refractivity contribution in [1.82, 2.24) is 10.2 Å². The molecule has 1 unspecified atom stereocenters. The average Bonchev–Trinajstić information content (AvgIpc) is 3.12. The molecule has 1 saturated heterocycles. The maximum absolute atomic E-state index is 13.1. The van der Waals surface area contributed by atoms with E-state index in [4.69, 9.17) is 0 Å². The van der Waals surface area contributed by atoms with E-state index < -0.39 is 0 Å². The molecule has 2 heterocycles. The zero-order chi connectivity index (χ0) is 19.5. The smallest absolute Gasteiger partial charge is 0.249 e. The summed E-state index contributed by atoms with van der Waals surface area (Å²) in [5.41, 5.74) is 1.85. The second-order valence-electron chi connectivity index (χ2n) is 7.28. The number of benzene rings is 2. The van der Waals surface area contributed by atoms with Crippen molar-refractivity contribution in [3.63, 3.8) is 0 Å². The summed E-state index contributed by atoms with van der Waals surface area (Å²) in [7, 11) is 0. The van der Waals surface area contributed by atoms with Gasteiger partial charge in [-0.1, -0.05) is 30.3 Å². The molecule has 0 saturated carbocycles. The first kappa shape index (κ1) is 18.9. The first-order chi connectivity index (χ1) is 13.7. The SMILES string of the molecule is CCNC(=O)C1=c2c(ccc(O)c2=CN2CCCCC2)SC1c1ccccc1. The maximum Gasteiger partial charge on any atom is 0.249 e. The molecule has 1 amide bonds. The molecule has 0 spiro atoms. The topological polar surface area (TPSA) is 52.6 Å². The summed E-state index contributed by atoms with van der Waals surface area (Å²) < 4.78 is 0. The summed E-state index contributed by atoms with van der Waals surface area (Å²) >= 11 is 1.69. The number of rotatable bonds is 4. The van der Waals surface area contributed by atoms with Crippen molar-refractivity contribution in [2.75, 3.05) is 19.6 Å². The highest BCUT2D eigenvalue weighted by Crippen LogP contribution is 2.44. The quantitative estimate of drug-likeness (QED) is 0.837. The van der Waals surface area contributed by atoms with Crippen LogP contribution in [-0.4, -0.2) is 35.5 Å². The Kier molecular flexibility index (Phi) is 5.62. The van der Waals surface area contributed by atoms with E-state index in [1.807, 2.05) is 31.2 Å². The number of phenolic OH excluding ortho intramolecular Hbond substituents is 1. The maximum atomic E-state index is 13.1. The van der Waals surface area contributed by atoms with Gasteiger partial charge in [0, 0.05) is 46.7 Å². The Morgan fingerprint density at radius 3 is 2.64 bits per heavy atom. The number of thioether (sulfide) groups is 1. The van der Waals surface area contributed by atoms with Crippen molar-refractivity contribution in [3.8, 4) is 5.75 Å². The summed E-state index contributed by atoms with van der Waals surface area (Å²) in [5, 5.41) is 15.2. The van der Waals surface area contributed by atoms with Crippen molar-refractivity contribution >= 4 is 29.4 Å². The number of piperidine rings is 1. The number of carbonyl (C=O) groups excluding carboxylic acids is 1. The van der Waals surface area contributed by atoms with Gasteiger partial charge in [0.1, 0.15) is 5.75 Å². The van der Waals surface area contributed by atoms with Gasteiger partial charge in [0.05, 0.1) is 5.25 Å². The Morgan fingerprint density at radius 1 is 1.18 bits per heavy atom. The standard InChI is InChI=1S/C23H26N2O2S/c1-2-24-23(27)21-20-17(15-25-13-7-4-8-14-25)18(26)11-12-19(20)28-22(21)16-9-5-3-6-10-16/h3,5-6,9-12,15,22,26H,2,4,7-8,13-14H2,1H3,(H,24,27). The lowest BCUT2D eigenvalue weighted by atomic mass is 10.00. The number of hydrogen-bond donors (Lipinski definition) is 2. The van der Waals surface area contributed by atoms with Crippen molar-refractivity contribution in [2.24, 2.45) is 0 Å². The second-order valence-corrected chi connectivity index (χ2v) is 8.43. The van der Waals surface area contributed by atoms with Gasteiger partial charge < -0.3 is 15.3 Å². The molecule has 0 aromatic heterocycles. The molecule has 2 aliphatic heterocycles. The van der Waals surface area contributed by atoms with E-state index in [-0.39, 0.29) is 16.9 Å². The van der Waals surface area contributed by atoms with Gasteiger partial charge in [0.15, 0.2) is 0 Å². The minimum absolute atomic E-state index is 0.0542. The molecule has 4 rings (SSSR count). The molecule has 4 nitrogen and oxygen atoms in total. The molecule has 0 aliphatic carbocycles. The molecule has 2 aromatic rings. The van der Waals surface area contributed by atoms with Crippen LogP contribution in [0.5, 0.6) is 5.75 Å². The van der Waals surface area contributed by atoms with Crippen LogP contribution in [0.3, 0.4) is 0 Å². The highest BCUT2D eigenvalue weighted by Gasteiger charge is 2.31. The average molecular weight is 395 g/mol. The van der Waals surface area contributed by atoms with Gasteiger partial charge in [-0.25, -0.2) is 0 Å². The molecule has 2 N–H and O–H groups in total. The van der Waals surface area contributed by atoms with Gasteiger partial charge in [0.2, 0.25) is 5.91 Å². The number of aromatic hydroxyl groups is 1. The van der Waals surface area contributed by atoms with Crippen LogP contribution >= 0.6 is 11.8 Å². The number of nitrogens with one attached hydrogen (secondary N) is 1. The number of amides is 1. The van der Waals surface area contributed by atoms with Gasteiger partial charge in [0.25, 0.3) is 0 Å². The third kappa shape index (κ3) is 3.63. The fourth-order valence-electron chi connectivity index (χ4n) is 3.99. The summed E-state index contributed by atoms with van der Waals surface area (Å²) in [6.45, 7) is 4.50. The minimum Gasteiger partial charge on any atom is -0.507 e. The number of fused-ring (bicyclic) bond motifs is 1. The van der Waals surface area contributed by atoms with Crippen molar-refractivity contribution in [2.45, 2.75) is 36.3 Å². The number of carbonyl (C=O) groups is 1. The lowest BCUT2D eigenvalue weighted by molar-refractivity contribution is -0.115. The second kappa shape index (κ2) is 8.31. The van der Waals surface area contributed by atoms with Gasteiger partial charge >= 0.3 is 0 Å². The largest absolute Gasteiger partial charge is 0.507 e. The summed E-state index contributed by atoms with van der Waals surface area (Å²) in [5.74, 6) is 0.182. The molecule has 1 atom stereocenters. The summed E-state index contributed by atoms with van der Waals surface area (Å²) in [6.07, 6.45) is 5.65. The summed E-state index contributed by atoms with van der Waals surface area (Å²) in [6, 6.07) is 13.8. The molecule has 5 heteroatoms. The number of phenols is 1. The third-order valence-corrected chi connectivity index (χ3v) is 6.68. The highest BCUT2D eigenvalue weighted by atomic mass is 32.2. The van der Waals surface area contributed by atoms with Crippen molar-refractivity contribution < 1.29 is 9.90 Å². The monoisotopic (exact) mass is 394 g/mol. The first-order valence-corrected chi connectivity index (χ1v) is 10.9. The van der Waals surface area contributed by atoms with Crippen LogP contribution in [0.1, 0.15) is 37.0 Å². The van der Waals surface area contributed by atoms with Crippen LogP contribution in [0.25, 0.3) is 11.8 Å². The normalized spacial score (nSPS) is 19.6. The van der Waals surface area contributed by atoms with Crippen LogP contribution in [0.4, 0.5) is 0 Å². The number of likely N-dealkylation sites (tertiary alicyclic amines) is 1. The Bertz CT molecular complexity index is 982. The predicted molar refractivity (Wildman–Crippen MR) is 114 cm³/mol. The molecule has 28 heavy (non-hydrogen) atoms. The molecular formula is C23H26N2O2S. The van der Waals surface area contributed by atoms with E-state index in [9.17, 15) is 9.90 Å². The molecule has 146 valence electrons. The van der Waals surface area contributed by atoms with E-state index in [1.165, 1.54) is 19.3 Å². The lowest BCUT2D eigenvalue weighted by Gasteiger charge is -2.25. The fraction of sp³-hybridized carbons (Fsp3) is 0.348. The van der Waals surface area contributed by atoms with E-state index in [0.717, 1.165) is 39.6 Å². The van der Waals surface area contributed by atoms with E-state index in [2.05, 4.69) is 28.5 Å². The molecule has 0 radical (unpaired) electrons. The van der Waals surface area contributed by atoms with Crippen LogP contribution < -0.4 is 15.8 Å². The Balaban J connectivity index is 1.94. The van der Waals surface area contributed by atoms with Gasteiger partial charge in [-0.15, -0.1) is 11.8 Å². The zero-order valence-electron chi connectivity index (χ0n) is 16.1. The first-order valence-electron chi connectivity index (χ1n) is 10.0. The third-order valence-electron chi connectivity index (χ3n) is 5.35. The van der Waals surface area contributed by atoms with Gasteiger partial charge in [-0.2, -0.15) is 0 Å². The van der Waals surface area contributed by atoms with Crippen molar-refractivity contribution in [1.29, 1.82) is 0 Å². The lowest BCUT2D eigenvalue weighted by Crippen LogP contribution is -2.37. The summed E-state index contributed by atoms with van der Waals surface area (Å²) in [4.78, 5) is 16.4. The Hall–Kier alpha value is -2.40. The Morgan fingerprint density at radius 2 is 1.93 bits per heavy atom. The predicted octanol–water partition coefficient (Wildman–Crippen LogP) is 2.75. The van der Waals surface area contributed by atoms with Crippen LogP contribution in [-0.2, 0) is 4.79 Å². The highest BCUT2D eigenvalue weighted by molar-refractivity contribution is 8.00. The molecular weight excluding hydrogens is 368 g/mol. The van der Waals surface area contributed by atoms with Crippen LogP contribution in [0, 0.1) is 0 Å². The van der Waals surface area contributed by atoms with Crippen LogP contribution in [0.2, 0.25) is 0 Å². The minimum atomic E-state index is -0.0712. The van der Waals surface area contributed by atoms with Gasteiger partial charge in [-0.05, 0) is 43.9 Å². The van der Waals surface area contributed by atoms with E-state index in [1.54, 1.807) is 17.8 Å².